The second-order valence-electron chi connectivity index (χ2n) is 3.79. The van der Waals surface area contributed by atoms with E-state index < -0.39 is 0 Å². The number of nitrogens with zero attached hydrogens (tertiary/aromatic N) is 4. The van der Waals surface area contributed by atoms with E-state index in [2.05, 4.69) is 10.2 Å². The van der Waals surface area contributed by atoms with Crippen LogP contribution in [-0.4, -0.2) is 19.6 Å². The minimum Gasteiger partial charge on any atom is -0.268 e. The molecule has 0 aliphatic rings. The van der Waals surface area contributed by atoms with Gasteiger partial charge in [-0.2, -0.15) is 10.2 Å². The Morgan fingerprint density at radius 1 is 0.842 bits per heavy atom. The third-order valence-corrected chi connectivity index (χ3v) is 2.81. The van der Waals surface area contributed by atoms with Gasteiger partial charge in [0.15, 0.2) is 0 Å². The summed E-state index contributed by atoms with van der Waals surface area (Å²) in [6, 6.07) is 5.56. The lowest BCUT2D eigenvalue weighted by Crippen LogP contribution is -2.25. The van der Waals surface area contributed by atoms with Crippen molar-refractivity contribution in [3.05, 3.63) is 55.3 Å². The van der Waals surface area contributed by atoms with Gasteiger partial charge in [0.2, 0.25) is 0 Å². The number of hydrogen-bond donors (Lipinski definition) is 0. The largest absolute Gasteiger partial charge is 0.268 e. The third-order valence-electron chi connectivity index (χ3n) is 2.41. The molecule has 2 aromatic rings. The highest BCUT2D eigenvalue weighted by Gasteiger charge is 2.02. The van der Waals surface area contributed by atoms with Gasteiger partial charge in [-0.25, -0.2) is 9.36 Å². The highest BCUT2D eigenvalue weighted by Crippen LogP contribution is 2.00. The molecule has 0 aliphatic heterocycles. The topological polar surface area (TPSA) is 69.8 Å². The molecule has 19 heavy (non-hydrogen) atoms. The van der Waals surface area contributed by atoms with Gasteiger partial charge in [0, 0.05) is 25.2 Å². The molecule has 100 valence electrons. The molecule has 0 spiro atoms. The molecule has 2 aromatic heterocycles. The van der Waals surface area contributed by atoms with Crippen molar-refractivity contribution in [1.82, 2.24) is 19.6 Å². The van der Waals surface area contributed by atoms with Crippen LogP contribution in [0.2, 0.25) is 10.3 Å². The third kappa shape index (κ3) is 3.65. The maximum Gasteiger partial charge on any atom is 0.266 e. The molecule has 0 saturated carbocycles. The van der Waals surface area contributed by atoms with Crippen molar-refractivity contribution in [2.45, 2.75) is 19.5 Å². The number of halogens is 2. The summed E-state index contributed by atoms with van der Waals surface area (Å²) in [5.74, 6) is 0. The summed E-state index contributed by atoms with van der Waals surface area (Å²) >= 11 is 11.4. The Morgan fingerprint density at radius 2 is 1.26 bits per heavy atom. The summed E-state index contributed by atoms with van der Waals surface area (Å²) in [6.45, 7) is 0.694. The fourth-order valence-corrected chi connectivity index (χ4v) is 1.85. The monoisotopic (exact) mass is 300 g/mol. The van der Waals surface area contributed by atoms with Gasteiger partial charge < -0.3 is 0 Å². The van der Waals surface area contributed by atoms with Crippen molar-refractivity contribution in [3.8, 4) is 0 Å². The Balaban J connectivity index is 2.04. The molecule has 0 unspecified atom stereocenters. The first-order valence-corrected chi connectivity index (χ1v) is 6.29. The van der Waals surface area contributed by atoms with Crippen LogP contribution in [0, 0.1) is 0 Å². The van der Waals surface area contributed by atoms with Crippen LogP contribution in [0.1, 0.15) is 6.42 Å². The van der Waals surface area contributed by atoms with Crippen LogP contribution in [0.15, 0.2) is 33.9 Å². The molecule has 8 heteroatoms. The lowest BCUT2D eigenvalue weighted by atomic mass is 10.4. The predicted molar refractivity (Wildman–Crippen MR) is 71.6 cm³/mol. The van der Waals surface area contributed by atoms with Crippen LogP contribution in [-0.2, 0) is 13.1 Å². The van der Waals surface area contributed by atoms with Gasteiger partial charge in [0.1, 0.15) is 10.3 Å². The quantitative estimate of drug-likeness (QED) is 0.851. The molecule has 2 heterocycles. The molecule has 0 saturated heterocycles. The van der Waals surface area contributed by atoms with Gasteiger partial charge in [0.05, 0.1) is 0 Å². The SMILES string of the molecule is O=c1ccc(Cl)nn1CCCn1nc(Cl)ccc1=O. The number of rotatable bonds is 4. The molecule has 0 fully saturated rings. The predicted octanol–water partition coefficient (Wildman–Crippen LogP) is 1.20. The van der Waals surface area contributed by atoms with Gasteiger partial charge >= 0.3 is 0 Å². The number of aryl methyl sites for hydroxylation is 2. The normalized spacial score (nSPS) is 10.6. The summed E-state index contributed by atoms with van der Waals surface area (Å²) in [4.78, 5) is 22.9. The highest BCUT2D eigenvalue weighted by molar-refractivity contribution is 6.29. The molecule has 0 N–H and O–H groups in total. The Morgan fingerprint density at radius 3 is 1.68 bits per heavy atom. The standard InChI is InChI=1S/C11H10Cl2N4O2/c12-8-2-4-10(18)16(14-8)6-1-7-17-11(19)5-3-9(13)15-17/h2-5H,1,6-7H2. The van der Waals surface area contributed by atoms with Crippen LogP contribution in [0.3, 0.4) is 0 Å². The Kier molecular flexibility index (Phi) is 4.34. The lowest BCUT2D eigenvalue weighted by Gasteiger charge is -2.06. The summed E-state index contributed by atoms with van der Waals surface area (Å²) in [5.41, 5.74) is -0.480. The minimum absolute atomic E-state index is 0.240. The van der Waals surface area contributed by atoms with Crippen LogP contribution < -0.4 is 11.1 Å². The summed E-state index contributed by atoms with van der Waals surface area (Å²) in [6.07, 6.45) is 0.514. The van der Waals surface area contributed by atoms with Crippen LogP contribution >= 0.6 is 23.2 Å². The first-order chi connectivity index (χ1) is 9.06. The second kappa shape index (κ2) is 5.99. The van der Waals surface area contributed by atoms with Crippen molar-refractivity contribution in [2.75, 3.05) is 0 Å². The van der Waals surface area contributed by atoms with Crippen molar-refractivity contribution in [2.24, 2.45) is 0 Å². The van der Waals surface area contributed by atoms with Crippen molar-refractivity contribution in [3.63, 3.8) is 0 Å². The van der Waals surface area contributed by atoms with E-state index in [1.165, 1.54) is 33.6 Å². The van der Waals surface area contributed by atoms with Crippen LogP contribution in [0.25, 0.3) is 0 Å². The fraction of sp³-hybridized carbons (Fsp3) is 0.273. The van der Waals surface area contributed by atoms with E-state index in [4.69, 9.17) is 23.2 Å². The molecule has 0 bridgehead atoms. The maximum atomic E-state index is 11.5. The maximum absolute atomic E-state index is 11.5. The zero-order valence-corrected chi connectivity index (χ0v) is 11.3. The minimum atomic E-state index is -0.240. The lowest BCUT2D eigenvalue weighted by molar-refractivity contribution is 0.473. The number of aromatic nitrogens is 4. The average Bonchev–Trinajstić information content (AvgIpc) is 2.38. The van der Waals surface area contributed by atoms with E-state index in [0.717, 1.165) is 0 Å². The van der Waals surface area contributed by atoms with E-state index in [1.807, 2.05) is 0 Å². The van der Waals surface area contributed by atoms with Crippen LogP contribution in [0.4, 0.5) is 0 Å². The average molecular weight is 301 g/mol. The van der Waals surface area contributed by atoms with E-state index in [-0.39, 0.29) is 21.4 Å². The zero-order chi connectivity index (χ0) is 13.8. The first kappa shape index (κ1) is 13.8. The molecule has 2 rings (SSSR count). The summed E-state index contributed by atoms with van der Waals surface area (Å²) < 4.78 is 2.50. The molecular weight excluding hydrogens is 291 g/mol. The molecule has 0 atom stereocenters. The molecule has 0 aliphatic carbocycles. The van der Waals surface area contributed by atoms with E-state index >= 15 is 0 Å². The van der Waals surface area contributed by atoms with E-state index in [0.29, 0.717) is 19.5 Å². The van der Waals surface area contributed by atoms with Gasteiger partial charge in [-0.15, -0.1) is 0 Å². The van der Waals surface area contributed by atoms with Gasteiger partial charge in [-0.3, -0.25) is 9.59 Å². The summed E-state index contributed by atoms with van der Waals surface area (Å²) in [5, 5.41) is 8.25. The molecule has 0 amide bonds. The van der Waals surface area contributed by atoms with Gasteiger partial charge in [0.25, 0.3) is 11.1 Å². The summed E-state index contributed by atoms with van der Waals surface area (Å²) in [7, 11) is 0. The first-order valence-electron chi connectivity index (χ1n) is 5.53. The molecule has 6 nitrogen and oxygen atoms in total. The fourth-order valence-electron chi connectivity index (χ4n) is 1.54. The Labute approximate surface area is 118 Å². The highest BCUT2D eigenvalue weighted by atomic mass is 35.5. The van der Waals surface area contributed by atoms with Gasteiger partial charge in [-0.05, 0) is 18.6 Å². The molecule has 0 radical (unpaired) electrons. The Hall–Kier alpha value is -1.66. The van der Waals surface area contributed by atoms with E-state index in [1.54, 1.807) is 0 Å². The van der Waals surface area contributed by atoms with Gasteiger partial charge in [-0.1, -0.05) is 23.2 Å². The number of hydrogen-bond acceptors (Lipinski definition) is 4. The molecule has 0 aromatic carbocycles. The zero-order valence-electron chi connectivity index (χ0n) is 9.79. The van der Waals surface area contributed by atoms with Crippen molar-refractivity contribution >= 4 is 23.2 Å². The Bertz CT molecular complexity index is 636. The molecular formula is C11H10Cl2N4O2. The second-order valence-corrected chi connectivity index (χ2v) is 4.56. The van der Waals surface area contributed by atoms with Crippen molar-refractivity contribution < 1.29 is 0 Å². The van der Waals surface area contributed by atoms with E-state index in [9.17, 15) is 9.59 Å². The van der Waals surface area contributed by atoms with Crippen LogP contribution in [0.5, 0.6) is 0 Å². The smallest absolute Gasteiger partial charge is 0.266 e. The van der Waals surface area contributed by atoms with Crippen molar-refractivity contribution in [1.29, 1.82) is 0 Å².